The van der Waals surface area contributed by atoms with Gasteiger partial charge in [0.2, 0.25) is 5.89 Å². The number of carbonyl (C=O) groups excluding carboxylic acids is 1. The van der Waals surface area contributed by atoms with Gasteiger partial charge in [-0.15, -0.1) is 24.0 Å². The van der Waals surface area contributed by atoms with Crippen molar-refractivity contribution < 1.29 is 13.6 Å². The number of guanidine groups is 1. The molecular formula is C24H29FIN5O2. The van der Waals surface area contributed by atoms with Crippen LogP contribution >= 0.6 is 24.0 Å². The van der Waals surface area contributed by atoms with Crippen LogP contribution in [0.25, 0.3) is 11.5 Å². The molecule has 0 saturated heterocycles. The number of carbonyl (C=O) groups is 1. The van der Waals surface area contributed by atoms with E-state index in [2.05, 4.69) is 20.6 Å². The van der Waals surface area contributed by atoms with Crippen molar-refractivity contribution in [3.8, 4) is 11.5 Å². The predicted octanol–water partition coefficient (Wildman–Crippen LogP) is 3.75. The maximum atomic E-state index is 13.1. The van der Waals surface area contributed by atoms with Gasteiger partial charge in [-0.1, -0.05) is 12.1 Å². The second kappa shape index (κ2) is 12.9. The van der Waals surface area contributed by atoms with Gasteiger partial charge in [-0.05, 0) is 48.4 Å². The fourth-order valence-corrected chi connectivity index (χ4v) is 3.12. The first kappa shape index (κ1) is 26.3. The average molecular weight is 565 g/mol. The SMILES string of the molecule is CN=C(NCCc1cccc(C(=O)N(C)C)c1)NCCc1coc(-c2ccc(F)cc2)n1.I. The minimum absolute atomic E-state index is 0. The molecule has 0 aliphatic rings. The van der Waals surface area contributed by atoms with E-state index in [9.17, 15) is 9.18 Å². The first-order valence-corrected chi connectivity index (χ1v) is 10.4. The Morgan fingerprint density at radius 2 is 1.79 bits per heavy atom. The summed E-state index contributed by atoms with van der Waals surface area (Å²) in [6, 6.07) is 13.7. The van der Waals surface area contributed by atoms with Gasteiger partial charge in [0.15, 0.2) is 5.96 Å². The van der Waals surface area contributed by atoms with Gasteiger partial charge in [0.25, 0.3) is 5.91 Å². The van der Waals surface area contributed by atoms with Gasteiger partial charge in [-0.2, -0.15) is 0 Å². The molecule has 0 aliphatic heterocycles. The third kappa shape index (κ3) is 7.85. The van der Waals surface area contributed by atoms with E-state index in [-0.39, 0.29) is 35.7 Å². The molecule has 7 nitrogen and oxygen atoms in total. The summed E-state index contributed by atoms with van der Waals surface area (Å²) in [4.78, 5) is 22.4. The van der Waals surface area contributed by atoms with Crippen LogP contribution in [-0.2, 0) is 12.8 Å². The molecule has 3 aromatic rings. The minimum Gasteiger partial charge on any atom is -0.444 e. The van der Waals surface area contributed by atoms with Crippen molar-refractivity contribution >= 4 is 35.8 Å². The topological polar surface area (TPSA) is 82.8 Å². The molecule has 0 fully saturated rings. The number of oxazole rings is 1. The smallest absolute Gasteiger partial charge is 0.253 e. The molecule has 1 amide bonds. The molecule has 0 radical (unpaired) electrons. The largest absolute Gasteiger partial charge is 0.444 e. The fraction of sp³-hybridized carbons (Fsp3) is 0.292. The van der Waals surface area contributed by atoms with Crippen LogP contribution in [0.5, 0.6) is 0 Å². The fourth-order valence-electron chi connectivity index (χ4n) is 3.12. The number of aliphatic imine (C=N–C) groups is 1. The summed E-state index contributed by atoms with van der Waals surface area (Å²) in [5.74, 6) is 0.858. The monoisotopic (exact) mass is 565 g/mol. The zero-order chi connectivity index (χ0) is 22.9. The minimum atomic E-state index is -0.293. The van der Waals surface area contributed by atoms with Gasteiger partial charge in [-0.3, -0.25) is 9.79 Å². The lowest BCUT2D eigenvalue weighted by atomic mass is 10.1. The Morgan fingerprint density at radius 1 is 1.09 bits per heavy atom. The van der Waals surface area contributed by atoms with Crippen molar-refractivity contribution in [3.05, 3.63) is 77.4 Å². The lowest BCUT2D eigenvalue weighted by Crippen LogP contribution is -2.39. The standard InChI is InChI=1S/C24H28FN5O2.HI/c1-26-24(27-13-11-17-5-4-6-19(15-17)23(31)30(2)3)28-14-12-21-16-32-22(29-21)18-7-9-20(25)10-8-18;/h4-10,15-16H,11-14H2,1-3H3,(H2,26,27,28);1H. The lowest BCUT2D eigenvalue weighted by Gasteiger charge is -2.13. The van der Waals surface area contributed by atoms with Gasteiger partial charge >= 0.3 is 0 Å². The van der Waals surface area contributed by atoms with Crippen molar-refractivity contribution in [1.29, 1.82) is 0 Å². The Morgan fingerprint density at radius 3 is 2.45 bits per heavy atom. The number of halogens is 2. The zero-order valence-corrected chi connectivity index (χ0v) is 21.3. The van der Waals surface area contributed by atoms with E-state index in [4.69, 9.17) is 4.42 Å². The Kier molecular flexibility index (Phi) is 10.3. The van der Waals surface area contributed by atoms with Gasteiger partial charge in [0.1, 0.15) is 12.1 Å². The van der Waals surface area contributed by atoms with Crippen molar-refractivity contribution in [2.45, 2.75) is 12.8 Å². The summed E-state index contributed by atoms with van der Waals surface area (Å²) in [5, 5.41) is 6.53. The number of nitrogens with zero attached hydrogens (tertiary/aromatic N) is 3. The Labute approximate surface area is 210 Å². The van der Waals surface area contributed by atoms with Gasteiger partial charge < -0.3 is 20.0 Å². The highest BCUT2D eigenvalue weighted by atomic mass is 127. The number of rotatable bonds is 8. The van der Waals surface area contributed by atoms with Crippen LogP contribution in [0.3, 0.4) is 0 Å². The lowest BCUT2D eigenvalue weighted by molar-refractivity contribution is 0.0827. The first-order valence-electron chi connectivity index (χ1n) is 10.4. The van der Waals surface area contributed by atoms with E-state index in [0.29, 0.717) is 36.9 Å². The highest BCUT2D eigenvalue weighted by Gasteiger charge is 2.09. The van der Waals surface area contributed by atoms with Crippen LogP contribution in [0.4, 0.5) is 4.39 Å². The number of aromatic nitrogens is 1. The van der Waals surface area contributed by atoms with Crippen LogP contribution in [0.1, 0.15) is 21.6 Å². The van der Waals surface area contributed by atoms with E-state index in [0.717, 1.165) is 23.2 Å². The first-order chi connectivity index (χ1) is 15.5. The molecular weight excluding hydrogens is 536 g/mol. The number of nitrogens with one attached hydrogen (secondary N) is 2. The van der Waals surface area contributed by atoms with Crippen LogP contribution < -0.4 is 10.6 Å². The second-order valence-corrected chi connectivity index (χ2v) is 7.48. The van der Waals surface area contributed by atoms with Crippen LogP contribution in [0.15, 0.2) is 64.2 Å². The molecule has 1 heterocycles. The van der Waals surface area contributed by atoms with Gasteiger partial charge in [0, 0.05) is 51.8 Å². The molecule has 0 spiro atoms. The zero-order valence-electron chi connectivity index (χ0n) is 19.0. The summed E-state index contributed by atoms with van der Waals surface area (Å²) in [7, 11) is 5.21. The number of amides is 1. The summed E-state index contributed by atoms with van der Waals surface area (Å²) in [6.45, 7) is 1.31. The number of benzene rings is 2. The molecule has 176 valence electrons. The average Bonchev–Trinajstić information content (AvgIpc) is 3.27. The molecule has 2 aromatic carbocycles. The second-order valence-electron chi connectivity index (χ2n) is 7.48. The number of hydrogen-bond donors (Lipinski definition) is 2. The van der Waals surface area contributed by atoms with Crippen LogP contribution in [0, 0.1) is 5.82 Å². The molecule has 0 unspecified atom stereocenters. The van der Waals surface area contributed by atoms with Crippen LogP contribution in [0.2, 0.25) is 0 Å². The third-order valence-electron chi connectivity index (χ3n) is 4.83. The normalized spacial score (nSPS) is 11.0. The van der Waals surface area contributed by atoms with E-state index in [1.54, 1.807) is 44.4 Å². The summed E-state index contributed by atoms with van der Waals surface area (Å²) in [5.41, 5.74) is 3.30. The molecule has 3 rings (SSSR count). The van der Waals surface area contributed by atoms with Crippen molar-refractivity contribution in [3.63, 3.8) is 0 Å². The molecule has 0 saturated carbocycles. The third-order valence-corrected chi connectivity index (χ3v) is 4.83. The molecule has 1 aromatic heterocycles. The molecule has 0 atom stereocenters. The highest BCUT2D eigenvalue weighted by molar-refractivity contribution is 14.0. The molecule has 0 bridgehead atoms. The van der Waals surface area contributed by atoms with Crippen molar-refractivity contribution in [1.82, 2.24) is 20.5 Å². The summed E-state index contributed by atoms with van der Waals surface area (Å²) < 4.78 is 18.6. The number of hydrogen-bond acceptors (Lipinski definition) is 4. The van der Waals surface area contributed by atoms with E-state index in [1.165, 1.54) is 12.1 Å². The van der Waals surface area contributed by atoms with E-state index < -0.39 is 0 Å². The highest BCUT2D eigenvalue weighted by Crippen LogP contribution is 2.19. The van der Waals surface area contributed by atoms with Gasteiger partial charge in [-0.25, -0.2) is 9.37 Å². The van der Waals surface area contributed by atoms with E-state index in [1.807, 2.05) is 24.3 Å². The molecule has 9 heteroatoms. The quantitative estimate of drug-likeness (QED) is 0.247. The van der Waals surface area contributed by atoms with Crippen molar-refractivity contribution in [2.24, 2.45) is 4.99 Å². The van der Waals surface area contributed by atoms with Crippen LogP contribution in [-0.4, -0.2) is 56.0 Å². The maximum Gasteiger partial charge on any atom is 0.253 e. The molecule has 0 aliphatic carbocycles. The van der Waals surface area contributed by atoms with Crippen molar-refractivity contribution in [2.75, 3.05) is 34.2 Å². The molecule has 2 N–H and O–H groups in total. The maximum absolute atomic E-state index is 13.1. The Bertz CT molecular complexity index is 1070. The Hall–Kier alpha value is -2.95. The van der Waals surface area contributed by atoms with E-state index >= 15 is 0 Å². The Balaban J connectivity index is 0.00000385. The van der Waals surface area contributed by atoms with Gasteiger partial charge in [0.05, 0.1) is 5.69 Å². The summed E-state index contributed by atoms with van der Waals surface area (Å²) in [6.07, 6.45) is 3.03. The summed E-state index contributed by atoms with van der Waals surface area (Å²) >= 11 is 0. The predicted molar refractivity (Wildman–Crippen MR) is 139 cm³/mol. The molecule has 33 heavy (non-hydrogen) atoms.